The van der Waals surface area contributed by atoms with E-state index in [2.05, 4.69) is 96.8 Å². The van der Waals surface area contributed by atoms with E-state index in [1.54, 1.807) is 0 Å². The fourth-order valence-electron chi connectivity index (χ4n) is 2.81. The van der Waals surface area contributed by atoms with Crippen molar-refractivity contribution in [2.75, 3.05) is 0 Å². The molecule has 0 bridgehead atoms. The van der Waals surface area contributed by atoms with Crippen molar-refractivity contribution in [2.24, 2.45) is 0 Å². The number of hydrogen-bond acceptors (Lipinski definition) is 0. The van der Waals surface area contributed by atoms with Crippen LogP contribution in [0.4, 0.5) is 0 Å². The van der Waals surface area contributed by atoms with E-state index >= 15 is 0 Å². The van der Waals surface area contributed by atoms with Gasteiger partial charge in [-0.3, -0.25) is 0 Å². The summed E-state index contributed by atoms with van der Waals surface area (Å²) in [5.41, 5.74) is 5.10. The van der Waals surface area contributed by atoms with Crippen LogP contribution in [0.15, 0.2) is 48.5 Å². The van der Waals surface area contributed by atoms with Gasteiger partial charge in [0.05, 0.1) is 0 Å². The largest absolute Gasteiger partial charge is 0.0788 e. The van der Waals surface area contributed by atoms with Gasteiger partial charge in [-0.1, -0.05) is 84.7 Å². The maximum atomic E-state index is 3.37. The SMILES string of the molecule is CC(C)(I)C1Cc2ccccc2C#Cc2ccccc21. The highest BCUT2D eigenvalue weighted by Crippen LogP contribution is 2.40. The lowest BCUT2D eigenvalue weighted by molar-refractivity contribution is 0.563. The van der Waals surface area contributed by atoms with E-state index in [1.807, 2.05) is 0 Å². The summed E-state index contributed by atoms with van der Waals surface area (Å²) < 4.78 is 0.194. The minimum Gasteiger partial charge on any atom is -0.0788 e. The van der Waals surface area contributed by atoms with Gasteiger partial charge in [-0.05, 0) is 29.7 Å². The van der Waals surface area contributed by atoms with Crippen molar-refractivity contribution < 1.29 is 0 Å². The van der Waals surface area contributed by atoms with Crippen LogP contribution in [-0.2, 0) is 6.42 Å². The molecule has 1 unspecified atom stereocenters. The Balaban J connectivity index is 2.23. The highest BCUT2D eigenvalue weighted by molar-refractivity contribution is 14.1. The molecular formula is C19H17I. The van der Waals surface area contributed by atoms with Gasteiger partial charge in [0, 0.05) is 20.5 Å². The molecule has 3 rings (SSSR count). The molecule has 0 N–H and O–H groups in total. The first-order chi connectivity index (χ1) is 9.55. The van der Waals surface area contributed by atoms with Gasteiger partial charge in [-0.15, -0.1) is 0 Å². The molecule has 2 aromatic rings. The fraction of sp³-hybridized carbons (Fsp3) is 0.263. The average molecular weight is 372 g/mol. The molecule has 0 saturated carbocycles. The Morgan fingerprint density at radius 1 is 0.950 bits per heavy atom. The second-order valence-corrected chi connectivity index (χ2v) is 8.60. The lowest BCUT2D eigenvalue weighted by Gasteiger charge is -2.31. The summed E-state index contributed by atoms with van der Waals surface area (Å²) in [5, 5.41) is 0. The number of benzene rings is 2. The molecule has 0 radical (unpaired) electrons. The lowest BCUT2D eigenvalue weighted by Crippen LogP contribution is -2.25. The quantitative estimate of drug-likeness (QED) is 0.378. The minimum atomic E-state index is 0.194. The van der Waals surface area contributed by atoms with Gasteiger partial charge < -0.3 is 0 Å². The Morgan fingerprint density at radius 3 is 2.30 bits per heavy atom. The van der Waals surface area contributed by atoms with Crippen LogP contribution in [0.3, 0.4) is 0 Å². The van der Waals surface area contributed by atoms with Gasteiger partial charge in [0.1, 0.15) is 0 Å². The Hall–Kier alpha value is -1.27. The summed E-state index contributed by atoms with van der Waals surface area (Å²) in [6.45, 7) is 4.62. The van der Waals surface area contributed by atoms with Crippen molar-refractivity contribution >= 4 is 22.6 Å². The fourth-order valence-corrected chi connectivity index (χ4v) is 3.37. The van der Waals surface area contributed by atoms with Crippen molar-refractivity contribution in [2.45, 2.75) is 29.6 Å². The van der Waals surface area contributed by atoms with Gasteiger partial charge >= 0.3 is 0 Å². The second-order valence-electron chi connectivity index (χ2n) is 5.82. The molecule has 0 saturated heterocycles. The maximum absolute atomic E-state index is 3.37. The van der Waals surface area contributed by atoms with Gasteiger partial charge in [0.15, 0.2) is 0 Å². The molecule has 0 nitrogen and oxygen atoms in total. The van der Waals surface area contributed by atoms with Crippen molar-refractivity contribution in [3.8, 4) is 11.8 Å². The monoisotopic (exact) mass is 372 g/mol. The molecule has 1 aliphatic rings. The molecule has 0 spiro atoms. The van der Waals surface area contributed by atoms with E-state index in [4.69, 9.17) is 0 Å². The van der Waals surface area contributed by atoms with Crippen LogP contribution in [-0.4, -0.2) is 3.42 Å². The molecule has 0 aromatic heterocycles. The number of hydrogen-bond donors (Lipinski definition) is 0. The molecular weight excluding hydrogens is 355 g/mol. The molecule has 0 amide bonds. The number of fused-ring (bicyclic) bond motifs is 2. The molecule has 1 aliphatic carbocycles. The minimum absolute atomic E-state index is 0.194. The number of rotatable bonds is 1. The third-order valence-corrected chi connectivity index (χ3v) is 4.69. The Bertz CT molecular complexity index is 695. The smallest absolute Gasteiger partial charge is 0.0284 e. The summed E-state index contributed by atoms with van der Waals surface area (Å²) in [7, 11) is 0. The van der Waals surface area contributed by atoms with Crippen LogP contribution in [0.25, 0.3) is 0 Å². The van der Waals surface area contributed by atoms with Crippen LogP contribution < -0.4 is 0 Å². The molecule has 0 fully saturated rings. The molecule has 1 atom stereocenters. The van der Waals surface area contributed by atoms with E-state index in [0.717, 1.165) is 6.42 Å². The van der Waals surface area contributed by atoms with Crippen LogP contribution in [0, 0.1) is 11.8 Å². The van der Waals surface area contributed by atoms with Crippen LogP contribution in [0.2, 0.25) is 0 Å². The Labute approximate surface area is 134 Å². The van der Waals surface area contributed by atoms with E-state index < -0.39 is 0 Å². The zero-order valence-electron chi connectivity index (χ0n) is 11.8. The summed E-state index contributed by atoms with van der Waals surface area (Å²) in [4.78, 5) is 0. The van der Waals surface area contributed by atoms with Gasteiger partial charge in [-0.2, -0.15) is 0 Å². The third-order valence-electron chi connectivity index (χ3n) is 3.94. The van der Waals surface area contributed by atoms with Gasteiger partial charge in [-0.25, -0.2) is 0 Å². The highest BCUT2D eigenvalue weighted by atomic mass is 127. The first kappa shape index (κ1) is 13.7. The van der Waals surface area contributed by atoms with Crippen molar-refractivity contribution in [1.82, 2.24) is 0 Å². The first-order valence-corrected chi connectivity index (χ1v) is 8.01. The molecule has 20 heavy (non-hydrogen) atoms. The first-order valence-electron chi connectivity index (χ1n) is 6.93. The summed E-state index contributed by atoms with van der Waals surface area (Å²) in [6, 6.07) is 17.1. The standard InChI is InChI=1S/C19H17I/c1-19(2,20)18-13-16-9-4-3-7-14(16)11-12-15-8-5-6-10-17(15)18/h3-10,18H,13H2,1-2H3. The van der Waals surface area contributed by atoms with Crippen molar-refractivity contribution in [1.29, 1.82) is 0 Å². The third kappa shape index (κ3) is 2.62. The normalized spacial score (nSPS) is 17.1. The van der Waals surface area contributed by atoms with Gasteiger partial charge in [0.25, 0.3) is 0 Å². The van der Waals surface area contributed by atoms with Crippen LogP contribution in [0.5, 0.6) is 0 Å². The summed E-state index contributed by atoms with van der Waals surface area (Å²) >= 11 is 2.57. The molecule has 0 aliphatic heterocycles. The topological polar surface area (TPSA) is 0 Å². The predicted octanol–water partition coefficient (Wildman–Crippen LogP) is 4.94. The van der Waals surface area contributed by atoms with E-state index in [0.29, 0.717) is 5.92 Å². The van der Waals surface area contributed by atoms with E-state index in [9.17, 15) is 0 Å². The highest BCUT2D eigenvalue weighted by Gasteiger charge is 2.30. The van der Waals surface area contributed by atoms with Crippen molar-refractivity contribution in [3.05, 3.63) is 70.8 Å². The molecule has 0 heterocycles. The van der Waals surface area contributed by atoms with Crippen molar-refractivity contribution in [3.63, 3.8) is 0 Å². The summed E-state index contributed by atoms with van der Waals surface area (Å²) in [5.74, 6) is 7.19. The zero-order chi connectivity index (χ0) is 14.2. The Kier molecular flexibility index (Phi) is 3.60. The average Bonchev–Trinajstić information content (AvgIpc) is 2.40. The van der Waals surface area contributed by atoms with Gasteiger partial charge in [0.2, 0.25) is 0 Å². The maximum Gasteiger partial charge on any atom is 0.0284 e. The molecule has 1 heteroatoms. The predicted molar refractivity (Wildman–Crippen MR) is 93.4 cm³/mol. The lowest BCUT2D eigenvalue weighted by atomic mass is 9.79. The van der Waals surface area contributed by atoms with Crippen LogP contribution >= 0.6 is 22.6 Å². The Morgan fingerprint density at radius 2 is 1.55 bits per heavy atom. The molecule has 2 aromatic carbocycles. The second kappa shape index (κ2) is 5.26. The zero-order valence-corrected chi connectivity index (χ0v) is 13.9. The van der Waals surface area contributed by atoms with E-state index in [-0.39, 0.29) is 3.42 Å². The number of alkyl halides is 1. The van der Waals surface area contributed by atoms with Crippen LogP contribution in [0.1, 0.15) is 42.0 Å². The number of halogens is 1. The molecule has 100 valence electrons. The summed E-state index contributed by atoms with van der Waals surface area (Å²) in [6.07, 6.45) is 1.05. The van der Waals surface area contributed by atoms with E-state index in [1.165, 1.54) is 22.3 Å².